The standard InChI is InChI=1S/C15H21N3O/c1-12(10-11-16)18(2)15(19)14(17)9-8-13-6-4-3-5-7-13/h3-7,12,14H,8-10,17H2,1-2H3. The lowest BCUT2D eigenvalue weighted by Crippen LogP contribution is -2.45. The van der Waals surface area contributed by atoms with Gasteiger partial charge in [-0.3, -0.25) is 4.79 Å². The van der Waals surface area contributed by atoms with Gasteiger partial charge in [0.15, 0.2) is 0 Å². The Balaban J connectivity index is 2.47. The van der Waals surface area contributed by atoms with Crippen LogP contribution in [0.15, 0.2) is 30.3 Å². The maximum Gasteiger partial charge on any atom is 0.239 e. The van der Waals surface area contributed by atoms with Crippen LogP contribution in [0.25, 0.3) is 0 Å². The van der Waals surface area contributed by atoms with Crippen molar-refractivity contribution >= 4 is 5.91 Å². The molecule has 4 nitrogen and oxygen atoms in total. The number of carbonyl (C=O) groups is 1. The molecule has 102 valence electrons. The Hall–Kier alpha value is -1.86. The average Bonchev–Trinajstić information content (AvgIpc) is 2.44. The van der Waals surface area contributed by atoms with E-state index in [2.05, 4.69) is 6.07 Å². The maximum absolute atomic E-state index is 12.1. The summed E-state index contributed by atoms with van der Waals surface area (Å²) < 4.78 is 0. The molecule has 2 atom stereocenters. The summed E-state index contributed by atoms with van der Waals surface area (Å²) in [5.41, 5.74) is 7.10. The number of carbonyl (C=O) groups excluding carboxylic acids is 1. The van der Waals surface area contributed by atoms with E-state index in [1.54, 1.807) is 11.9 Å². The number of aryl methyl sites for hydroxylation is 1. The monoisotopic (exact) mass is 259 g/mol. The first kappa shape index (κ1) is 15.2. The fourth-order valence-electron chi connectivity index (χ4n) is 1.84. The van der Waals surface area contributed by atoms with Crippen molar-refractivity contribution < 1.29 is 4.79 Å². The highest BCUT2D eigenvalue weighted by Crippen LogP contribution is 2.08. The summed E-state index contributed by atoms with van der Waals surface area (Å²) in [7, 11) is 1.70. The molecule has 1 aromatic rings. The third-order valence-electron chi connectivity index (χ3n) is 3.30. The average molecular weight is 259 g/mol. The largest absolute Gasteiger partial charge is 0.341 e. The van der Waals surface area contributed by atoms with Crippen LogP contribution in [0.4, 0.5) is 0 Å². The molecule has 0 aliphatic heterocycles. The number of nitrogens with two attached hydrogens (primary N) is 1. The Morgan fingerprint density at radius 3 is 2.63 bits per heavy atom. The lowest BCUT2D eigenvalue weighted by Gasteiger charge is -2.26. The molecule has 2 unspecified atom stereocenters. The van der Waals surface area contributed by atoms with Crippen LogP contribution in [0.5, 0.6) is 0 Å². The minimum absolute atomic E-state index is 0.0970. The van der Waals surface area contributed by atoms with E-state index >= 15 is 0 Å². The van der Waals surface area contributed by atoms with Gasteiger partial charge in [0, 0.05) is 13.1 Å². The summed E-state index contributed by atoms with van der Waals surface area (Å²) in [6, 6.07) is 11.4. The van der Waals surface area contributed by atoms with Crippen molar-refractivity contribution in [1.29, 1.82) is 5.26 Å². The first-order valence-electron chi connectivity index (χ1n) is 6.49. The summed E-state index contributed by atoms with van der Waals surface area (Å²) in [6.45, 7) is 1.85. The van der Waals surface area contributed by atoms with E-state index < -0.39 is 6.04 Å². The Morgan fingerprint density at radius 2 is 2.05 bits per heavy atom. The van der Waals surface area contributed by atoms with Crippen LogP contribution >= 0.6 is 0 Å². The van der Waals surface area contributed by atoms with Crippen molar-refractivity contribution in [2.24, 2.45) is 5.73 Å². The number of likely N-dealkylation sites (N-methyl/N-ethyl adjacent to an activating group) is 1. The van der Waals surface area contributed by atoms with Gasteiger partial charge in [-0.15, -0.1) is 0 Å². The minimum atomic E-state index is -0.508. The molecule has 0 saturated heterocycles. The van der Waals surface area contributed by atoms with Crippen LogP contribution in [0.2, 0.25) is 0 Å². The van der Waals surface area contributed by atoms with E-state index in [-0.39, 0.29) is 11.9 Å². The topological polar surface area (TPSA) is 70.1 Å². The lowest BCUT2D eigenvalue weighted by atomic mass is 10.0. The maximum atomic E-state index is 12.1. The zero-order chi connectivity index (χ0) is 14.3. The van der Waals surface area contributed by atoms with Crippen molar-refractivity contribution in [2.75, 3.05) is 7.05 Å². The number of nitriles is 1. The molecule has 0 fully saturated rings. The van der Waals surface area contributed by atoms with Gasteiger partial charge in [-0.05, 0) is 25.3 Å². The summed E-state index contributed by atoms with van der Waals surface area (Å²) in [5, 5.41) is 8.64. The van der Waals surface area contributed by atoms with Crippen LogP contribution in [0.1, 0.15) is 25.3 Å². The van der Waals surface area contributed by atoms with E-state index in [0.717, 1.165) is 6.42 Å². The predicted molar refractivity (Wildman–Crippen MR) is 75.2 cm³/mol. The van der Waals surface area contributed by atoms with Crippen molar-refractivity contribution in [3.8, 4) is 6.07 Å². The number of rotatable bonds is 6. The molecule has 1 rings (SSSR count). The van der Waals surface area contributed by atoms with Gasteiger partial charge >= 0.3 is 0 Å². The highest BCUT2D eigenvalue weighted by atomic mass is 16.2. The fraction of sp³-hybridized carbons (Fsp3) is 0.467. The number of amides is 1. The van der Waals surface area contributed by atoms with Crippen LogP contribution in [0, 0.1) is 11.3 Å². The minimum Gasteiger partial charge on any atom is -0.341 e. The van der Waals surface area contributed by atoms with Crippen LogP contribution in [-0.2, 0) is 11.2 Å². The molecule has 1 amide bonds. The van der Waals surface area contributed by atoms with Crippen LogP contribution in [0.3, 0.4) is 0 Å². The summed E-state index contributed by atoms with van der Waals surface area (Å²) in [4.78, 5) is 13.6. The molecule has 4 heteroatoms. The van der Waals surface area contributed by atoms with E-state index in [1.807, 2.05) is 37.3 Å². The van der Waals surface area contributed by atoms with E-state index in [1.165, 1.54) is 5.56 Å². The molecule has 0 aliphatic rings. The summed E-state index contributed by atoms with van der Waals surface area (Å²) >= 11 is 0. The zero-order valence-electron chi connectivity index (χ0n) is 11.5. The zero-order valence-corrected chi connectivity index (χ0v) is 11.5. The Morgan fingerprint density at radius 1 is 1.42 bits per heavy atom. The lowest BCUT2D eigenvalue weighted by molar-refractivity contribution is -0.133. The van der Waals surface area contributed by atoms with Gasteiger partial charge in [-0.25, -0.2) is 0 Å². The van der Waals surface area contributed by atoms with Gasteiger partial charge in [0.2, 0.25) is 5.91 Å². The van der Waals surface area contributed by atoms with Crippen molar-refractivity contribution in [2.45, 2.75) is 38.3 Å². The van der Waals surface area contributed by atoms with E-state index in [9.17, 15) is 4.79 Å². The van der Waals surface area contributed by atoms with Gasteiger partial charge in [0.25, 0.3) is 0 Å². The third kappa shape index (κ3) is 4.72. The van der Waals surface area contributed by atoms with Crippen LogP contribution in [-0.4, -0.2) is 29.9 Å². The summed E-state index contributed by atoms with van der Waals surface area (Å²) in [6.07, 6.45) is 1.73. The second-order valence-electron chi connectivity index (χ2n) is 4.79. The molecule has 2 N–H and O–H groups in total. The number of benzene rings is 1. The number of hydrogen-bond donors (Lipinski definition) is 1. The molecule has 0 aromatic heterocycles. The van der Waals surface area contributed by atoms with Crippen molar-refractivity contribution in [3.63, 3.8) is 0 Å². The number of hydrogen-bond acceptors (Lipinski definition) is 3. The molecule has 0 spiro atoms. The SMILES string of the molecule is CC(CC#N)N(C)C(=O)C(N)CCc1ccccc1. The van der Waals surface area contributed by atoms with Crippen LogP contribution < -0.4 is 5.73 Å². The fourth-order valence-corrected chi connectivity index (χ4v) is 1.84. The molecule has 0 saturated carbocycles. The van der Waals surface area contributed by atoms with E-state index in [4.69, 9.17) is 11.0 Å². The number of nitrogens with zero attached hydrogens (tertiary/aromatic N) is 2. The normalized spacial score (nSPS) is 13.4. The smallest absolute Gasteiger partial charge is 0.239 e. The van der Waals surface area contributed by atoms with Gasteiger partial charge < -0.3 is 10.6 Å². The van der Waals surface area contributed by atoms with Gasteiger partial charge in [-0.1, -0.05) is 30.3 Å². The molecule has 1 aromatic carbocycles. The quantitative estimate of drug-likeness (QED) is 0.845. The molecule has 19 heavy (non-hydrogen) atoms. The molecule has 0 radical (unpaired) electrons. The Bertz CT molecular complexity index is 438. The van der Waals surface area contributed by atoms with Gasteiger partial charge in [-0.2, -0.15) is 5.26 Å². The molecule has 0 bridgehead atoms. The second-order valence-corrected chi connectivity index (χ2v) is 4.79. The summed E-state index contributed by atoms with van der Waals surface area (Å²) in [5.74, 6) is -0.0984. The molecular weight excluding hydrogens is 238 g/mol. The van der Waals surface area contributed by atoms with Gasteiger partial charge in [0.05, 0.1) is 18.5 Å². The molecular formula is C15H21N3O. The Kier molecular flexibility index (Phi) is 6.04. The first-order chi connectivity index (χ1) is 9.06. The van der Waals surface area contributed by atoms with Crippen molar-refractivity contribution in [3.05, 3.63) is 35.9 Å². The molecule has 0 aliphatic carbocycles. The predicted octanol–water partition coefficient (Wildman–Crippen LogP) is 1.71. The highest BCUT2D eigenvalue weighted by Gasteiger charge is 2.21. The van der Waals surface area contributed by atoms with E-state index in [0.29, 0.717) is 12.8 Å². The Labute approximate surface area is 114 Å². The first-order valence-corrected chi connectivity index (χ1v) is 6.49. The molecule has 0 heterocycles. The van der Waals surface area contributed by atoms with Gasteiger partial charge in [0.1, 0.15) is 0 Å². The van der Waals surface area contributed by atoms with Crippen molar-refractivity contribution in [1.82, 2.24) is 4.90 Å². The second kappa shape index (κ2) is 7.55. The third-order valence-corrected chi connectivity index (χ3v) is 3.30. The highest BCUT2D eigenvalue weighted by molar-refractivity contribution is 5.81.